The SMILES string of the molecule is CNc1nnc(C(=O)NCC2(SC)CCCC2)s1. The van der Waals surface area contributed by atoms with Gasteiger partial charge in [0.15, 0.2) is 0 Å². The molecule has 1 fully saturated rings. The summed E-state index contributed by atoms with van der Waals surface area (Å²) in [5.74, 6) is -0.116. The van der Waals surface area contributed by atoms with Gasteiger partial charge >= 0.3 is 0 Å². The quantitative estimate of drug-likeness (QED) is 0.866. The molecule has 1 aliphatic rings. The lowest BCUT2D eigenvalue weighted by atomic mass is 10.1. The maximum Gasteiger partial charge on any atom is 0.282 e. The highest BCUT2D eigenvalue weighted by Gasteiger charge is 2.33. The lowest BCUT2D eigenvalue weighted by molar-refractivity contribution is 0.0948. The van der Waals surface area contributed by atoms with E-state index in [4.69, 9.17) is 0 Å². The van der Waals surface area contributed by atoms with Crippen LogP contribution in [0.1, 0.15) is 35.5 Å². The molecule has 0 atom stereocenters. The van der Waals surface area contributed by atoms with Crippen molar-refractivity contribution in [2.45, 2.75) is 30.4 Å². The Kier molecular flexibility index (Phi) is 4.45. The molecule has 0 radical (unpaired) electrons. The molecule has 2 rings (SSSR count). The van der Waals surface area contributed by atoms with E-state index < -0.39 is 0 Å². The molecule has 1 aromatic heterocycles. The summed E-state index contributed by atoms with van der Waals surface area (Å²) in [5, 5.41) is 14.7. The molecular formula is C11H18N4OS2. The van der Waals surface area contributed by atoms with Crippen molar-refractivity contribution in [1.29, 1.82) is 0 Å². The maximum absolute atomic E-state index is 11.9. The summed E-state index contributed by atoms with van der Waals surface area (Å²) in [6, 6.07) is 0. The van der Waals surface area contributed by atoms with Gasteiger partial charge in [-0.05, 0) is 19.1 Å². The molecule has 100 valence electrons. The second-order valence-corrected chi connectivity index (χ2v) is 6.69. The molecule has 2 N–H and O–H groups in total. The predicted octanol–water partition coefficient (Wildman–Crippen LogP) is 1.99. The van der Waals surface area contributed by atoms with Crippen LogP contribution in [0.25, 0.3) is 0 Å². The summed E-state index contributed by atoms with van der Waals surface area (Å²) in [7, 11) is 1.77. The zero-order valence-electron chi connectivity index (χ0n) is 10.7. The van der Waals surface area contributed by atoms with E-state index in [1.165, 1.54) is 37.0 Å². The largest absolute Gasteiger partial charge is 0.363 e. The van der Waals surface area contributed by atoms with Crippen molar-refractivity contribution >= 4 is 34.1 Å². The molecule has 0 aromatic carbocycles. The Morgan fingerprint density at radius 3 is 2.72 bits per heavy atom. The zero-order chi connectivity index (χ0) is 13.0. The lowest BCUT2D eigenvalue weighted by Gasteiger charge is -2.26. The number of carbonyl (C=O) groups excluding carboxylic acids is 1. The molecule has 18 heavy (non-hydrogen) atoms. The van der Waals surface area contributed by atoms with Crippen LogP contribution in [0.15, 0.2) is 0 Å². The van der Waals surface area contributed by atoms with Gasteiger partial charge in [-0.2, -0.15) is 11.8 Å². The summed E-state index contributed by atoms with van der Waals surface area (Å²) in [4.78, 5) is 11.9. The van der Waals surface area contributed by atoms with Crippen LogP contribution in [0.2, 0.25) is 0 Å². The van der Waals surface area contributed by atoms with Crippen molar-refractivity contribution in [3.05, 3.63) is 5.01 Å². The van der Waals surface area contributed by atoms with E-state index in [0.717, 1.165) is 6.54 Å². The smallest absolute Gasteiger partial charge is 0.282 e. The van der Waals surface area contributed by atoms with Crippen LogP contribution in [0.3, 0.4) is 0 Å². The minimum Gasteiger partial charge on any atom is -0.363 e. The molecule has 0 saturated heterocycles. The van der Waals surface area contributed by atoms with E-state index >= 15 is 0 Å². The Morgan fingerprint density at radius 2 is 2.17 bits per heavy atom. The predicted molar refractivity (Wildman–Crippen MR) is 76.5 cm³/mol. The number of nitrogens with one attached hydrogen (secondary N) is 2. The molecule has 1 heterocycles. The van der Waals surface area contributed by atoms with Gasteiger partial charge in [-0.1, -0.05) is 24.2 Å². The number of amides is 1. The van der Waals surface area contributed by atoms with Crippen LogP contribution in [0.4, 0.5) is 5.13 Å². The molecule has 1 amide bonds. The van der Waals surface area contributed by atoms with E-state index in [1.54, 1.807) is 7.05 Å². The number of thioether (sulfide) groups is 1. The van der Waals surface area contributed by atoms with Gasteiger partial charge in [0.05, 0.1) is 0 Å². The monoisotopic (exact) mass is 286 g/mol. The fourth-order valence-corrected chi connectivity index (χ4v) is 3.73. The molecule has 5 nitrogen and oxygen atoms in total. The van der Waals surface area contributed by atoms with Crippen LogP contribution >= 0.6 is 23.1 Å². The van der Waals surface area contributed by atoms with Gasteiger partial charge in [0.25, 0.3) is 5.91 Å². The Morgan fingerprint density at radius 1 is 1.44 bits per heavy atom. The Balaban J connectivity index is 1.91. The lowest BCUT2D eigenvalue weighted by Crippen LogP contribution is -2.38. The van der Waals surface area contributed by atoms with Crippen molar-refractivity contribution in [3.63, 3.8) is 0 Å². The van der Waals surface area contributed by atoms with Gasteiger partial charge in [-0.25, -0.2) is 0 Å². The highest BCUT2D eigenvalue weighted by molar-refractivity contribution is 8.00. The summed E-state index contributed by atoms with van der Waals surface area (Å²) < 4.78 is 0.228. The van der Waals surface area contributed by atoms with Crippen LogP contribution in [-0.2, 0) is 0 Å². The molecule has 0 spiro atoms. The number of rotatable bonds is 5. The average Bonchev–Trinajstić information content (AvgIpc) is 3.05. The first-order valence-electron chi connectivity index (χ1n) is 6.04. The third kappa shape index (κ3) is 2.95. The van der Waals surface area contributed by atoms with E-state index in [2.05, 4.69) is 27.1 Å². The van der Waals surface area contributed by atoms with Crippen LogP contribution in [0.5, 0.6) is 0 Å². The van der Waals surface area contributed by atoms with E-state index in [-0.39, 0.29) is 10.7 Å². The van der Waals surface area contributed by atoms with Crippen LogP contribution in [0, 0.1) is 0 Å². The summed E-state index contributed by atoms with van der Waals surface area (Å²) >= 11 is 3.14. The zero-order valence-corrected chi connectivity index (χ0v) is 12.3. The number of nitrogens with zero attached hydrogens (tertiary/aromatic N) is 2. The Labute approximate surface area is 115 Å². The number of carbonyl (C=O) groups is 1. The summed E-state index contributed by atoms with van der Waals surface area (Å²) in [6.45, 7) is 0.724. The van der Waals surface area contributed by atoms with Gasteiger partial charge < -0.3 is 10.6 Å². The number of hydrogen-bond acceptors (Lipinski definition) is 6. The maximum atomic E-state index is 11.9. The van der Waals surface area contributed by atoms with Gasteiger partial charge in [-0.3, -0.25) is 4.79 Å². The van der Waals surface area contributed by atoms with E-state index in [1.807, 2.05) is 11.8 Å². The highest BCUT2D eigenvalue weighted by atomic mass is 32.2. The normalized spacial score (nSPS) is 17.7. The van der Waals surface area contributed by atoms with Crippen molar-refractivity contribution in [1.82, 2.24) is 15.5 Å². The molecule has 0 bridgehead atoms. The minimum atomic E-state index is -0.116. The second-order valence-electron chi connectivity index (χ2n) is 4.44. The number of aromatic nitrogens is 2. The van der Waals surface area contributed by atoms with Gasteiger partial charge in [0.1, 0.15) is 0 Å². The standard InChI is InChI=1S/C11H18N4OS2/c1-12-10-15-14-9(18-10)8(16)13-7-11(17-2)5-3-4-6-11/h3-7H2,1-2H3,(H,12,15)(H,13,16). The third-order valence-corrected chi connectivity index (χ3v) is 5.71. The Bertz CT molecular complexity index is 415. The molecular weight excluding hydrogens is 268 g/mol. The molecule has 0 unspecified atom stereocenters. The third-order valence-electron chi connectivity index (χ3n) is 3.35. The molecule has 1 saturated carbocycles. The van der Waals surface area contributed by atoms with Gasteiger partial charge in [-0.15, -0.1) is 10.2 Å². The van der Waals surface area contributed by atoms with E-state index in [0.29, 0.717) is 10.1 Å². The molecule has 1 aromatic rings. The van der Waals surface area contributed by atoms with E-state index in [9.17, 15) is 4.79 Å². The van der Waals surface area contributed by atoms with Crippen molar-refractivity contribution in [3.8, 4) is 0 Å². The number of hydrogen-bond donors (Lipinski definition) is 2. The first kappa shape index (κ1) is 13.6. The first-order chi connectivity index (χ1) is 8.69. The van der Waals surface area contributed by atoms with Crippen LogP contribution < -0.4 is 10.6 Å². The van der Waals surface area contributed by atoms with Crippen molar-refractivity contribution < 1.29 is 4.79 Å². The fourth-order valence-electron chi connectivity index (χ4n) is 2.21. The highest BCUT2D eigenvalue weighted by Crippen LogP contribution is 2.39. The summed E-state index contributed by atoms with van der Waals surface area (Å²) in [5.41, 5.74) is 0. The molecule has 7 heteroatoms. The topological polar surface area (TPSA) is 66.9 Å². The van der Waals surface area contributed by atoms with Crippen molar-refractivity contribution in [2.24, 2.45) is 0 Å². The Hall–Kier alpha value is -0.820. The average molecular weight is 286 g/mol. The van der Waals surface area contributed by atoms with Crippen LogP contribution in [-0.4, -0.2) is 40.7 Å². The number of anilines is 1. The van der Waals surface area contributed by atoms with Gasteiger partial charge in [0, 0.05) is 18.3 Å². The van der Waals surface area contributed by atoms with Crippen molar-refractivity contribution in [2.75, 3.05) is 25.2 Å². The summed E-state index contributed by atoms with van der Waals surface area (Å²) in [6.07, 6.45) is 7.03. The minimum absolute atomic E-state index is 0.116. The first-order valence-corrected chi connectivity index (χ1v) is 8.08. The second kappa shape index (κ2) is 5.88. The molecule has 1 aliphatic carbocycles. The van der Waals surface area contributed by atoms with Gasteiger partial charge in [0.2, 0.25) is 10.1 Å². The fraction of sp³-hybridized carbons (Fsp3) is 0.727. The molecule has 0 aliphatic heterocycles.